The Bertz CT molecular complexity index is 283. The maximum Gasteiger partial charge on any atom is 0.227 e. The number of hydrogen-bond acceptors (Lipinski definition) is 4. The monoisotopic (exact) mass is 211 g/mol. The van der Waals surface area contributed by atoms with E-state index in [0.717, 1.165) is 0 Å². The molecule has 15 heavy (non-hydrogen) atoms. The maximum atomic E-state index is 11.6. The molecular formula is C10H17N3O2. The molecule has 2 atom stereocenters. The number of rotatable bonds is 3. The summed E-state index contributed by atoms with van der Waals surface area (Å²) in [5.41, 5.74) is 5.16. The second-order valence-electron chi connectivity index (χ2n) is 4.52. The first-order valence-electron chi connectivity index (χ1n) is 4.98. The molecule has 2 unspecified atom stereocenters. The zero-order chi connectivity index (χ0) is 11.5. The SMILES string of the molecule is CC(C)(C#N)CNC(=O)C1COCC1N. The Kier molecular flexibility index (Phi) is 3.66. The fraction of sp³-hybridized carbons (Fsp3) is 0.800. The highest BCUT2D eigenvalue weighted by Crippen LogP contribution is 2.14. The zero-order valence-corrected chi connectivity index (χ0v) is 9.12. The molecule has 1 rings (SSSR count). The third kappa shape index (κ3) is 3.18. The summed E-state index contributed by atoms with van der Waals surface area (Å²) in [6.07, 6.45) is 0. The molecule has 0 spiro atoms. The smallest absolute Gasteiger partial charge is 0.227 e. The van der Waals surface area contributed by atoms with Crippen molar-refractivity contribution < 1.29 is 9.53 Å². The van der Waals surface area contributed by atoms with E-state index in [-0.39, 0.29) is 17.9 Å². The van der Waals surface area contributed by atoms with Crippen LogP contribution < -0.4 is 11.1 Å². The summed E-state index contributed by atoms with van der Waals surface area (Å²) < 4.78 is 5.10. The molecule has 1 amide bonds. The van der Waals surface area contributed by atoms with Crippen LogP contribution in [-0.2, 0) is 9.53 Å². The average molecular weight is 211 g/mol. The number of carbonyl (C=O) groups excluding carboxylic acids is 1. The number of amides is 1. The molecule has 1 heterocycles. The number of carbonyl (C=O) groups is 1. The molecule has 0 aromatic rings. The Hall–Kier alpha value is -1.12. The second-order valence-corrected chi connectivity index (χ2v) is 4.52. The third-order valence-electron chi connectivity index (χ3n) is 2.47. The molecule has 5 nitrogen and oxygen atoms in total. The summed E-state index contributed by atoms with van der Waals surface area (Å²) in [4.78, 5) is 11.6. The van der Waals surface area contributed by atoms with Gasteiger partial charge in [-0.15, -0.1) is 0 Å². The standard InChI is InChI=1S/C10H17N3O2/c1-10(2,5-11)6-13-9(14)7-3-15-4-8(7)12/h7-8H,3-4,6,12H2,1-2H3,(H,13,14). The van der Waals surface area contributed by atoms with Crippen LogP contribution in [0.25, 0.3) is 0 Å². The first kappa shape index (κ1) is 12.0. The van der Waals surface area contributed by atoms with Crippen LogP contribution in [0.4, 0.5) is 0 Å². The van der Waals surface area contributed by atoms with Gasteiger partial charge in [0.25, 0.3) is 0 Å². The lowest BCUT2D eigenvalue weighted by molar-refractivity contribution is -0.125. The lowest BCUT2D eigenvalue weighted by Crippen LogP contribution is -2.43. The predicted octanol–water partition coefficient (Wildman–Crippen LogP) is -0.374. The number of nitrogens with one attached hydrogen (secondary N) is 1. The van der Waals surface area contributed by atoms with Gasteiger partial charge in [-0.25, -0.2) is 0 Å². The maximum absolute atomic E-state index is 11.6. The summed E-state index contributed by atoms with van der Waals surface area (Å²) in [6, 6.07) is 1.89. The lowest BCUT2D eigenvalue weighted by atomic mass is 9.95. The number of nitrogens with zero attached hydrogens (tertiary/aromatic N) is 1. The number of hydrogen-bond donors (Lipinski definition) is 2. The van der Waals surface area contributed by atoms with Crippen LogP contribution in [0.3, 0.4) is 0 Å². The van der Waals surface area contributed by atoms with Crippen molar-refractivity contribution in [2.24, 2.45) is 17.1 Å². The highest BCUT2D eigenvalue weighted by Gasteiger charge is 2.32. The number of nitriles is 1. The molecule has 0 aromatic carbocycles. The van der Waals surface area contributed by atoms with Crippen molar-refractivity contribution >= 4 is 5.91 Å². The summed E-state index contributed by atoms with van der Waals surface area (Å²) in [6.45, 7) is 4.70. The summed E-state index contributed by atoms with van der Waals surface area (Å²) in [5, 5.41) is 11.5. The van der Waals surface area contributed by atoms with Crippen LogP contribution in [0, 0.1) is 22.7 Å². The van der Waals surface area contributed by atoms with Crippen molar-refractivity contribution in [1.29, 1.82) is 5.26 Å². The van der Waals surface area contributed by atoms with Gasteiger partial charge in [-0.1, -0.05) is 0 Å². The van der Waals surface area contributed by atoms with Crippen molar-refractivity contribution in [2.75, 3.05) is 19.8 Å². The average Bonchev–Trinajstić information content (AvgIpc) is 2.61. The Morgan fingerprint density at radius 2 is 2.33 bits per heavy atom. The number of ether oxygens (including phenoxy) is 1. The summed E-state index contributed by atoms with van der Waals surface area (Å²) in [5.74, 6) is -0.400. The molecule has 1 aliphatic rings. The van der Waals surface area contributed by atoms with Gasteiger partial charge in [0.05, 0.1) is 30.6 Å². The van der Waals surface area contributed by atoms with E-state index in [2.05, 4.69) is 11.4 Å². The van der Waals surface area contributed by atoms with Crippen LogP contribution >= 0.6 is 0 Å². The quantitative estimate of drug-likeness (QED) is 0.666. The fourth-order valence-electron chi connectivity index (χ4n) is 1.32. The van der Waals surface area contributed by atoms with Crippen LogP contribution in [0.1, 0.15) is 13.8 Å². The minimum Gasteiger partial charge on any atom is -0.379 e. The van der Waals surface area contributed by atoms with Crippen LogP contribution in [0.15, 0.2) is 0 Å². The molecule has 0 saturated carbocycles. The van der Waals surface area contributed by atoms with Crippen LogP contribution in [-0.4, -0.2) is 31.7 Å². The molecule has 0 bridgehead atoms. The molecule has 1 fully saturated rings. The largest absolute Gasteiger partial charge is 0.379 e. The molecule has 0 aromatic heterocycles. The van der Waals surface area contributed by atoms with E-state index < -0.39 is 5.41 Å². The van der Waals surface area contributed by atoms with Gasteiger partial charge in [-0.3, -0.25) is 4.79 Å². The van der Waals surface area contributed by atoms with Crippen LogP contribution in [0.2, 0.25) is 0 Å². The Morgan fingerprint density at radius 3 is 2.80 bits per heavy atom. The molecule has 0 radical (unpaired) electrons. The van der Waals surface area contributed by atoms with E-state index in [1.54, 1.807) is 13.8 Å². The van der Waals surface area contributed by atoms with E-state index in [4.69, 9.17) is 15.7 Å². The highest BCUT2D eigenvalue weighted by atomic mass is 16.5. The van der Waals surface area contributed by atoms with Gasteiger partial charge in [0.2, 0.25) is 5.91 Å². The fourth-order valence-corrected chi connectivity index (χ4v) is 1.32. The minimum absolute atomic E-state index is 0.122. The lowest BCUT2D eigenvalue weighted by Gasteiger charge is -2.18. The Balaban J connectivity index is 2.40. The van der Waals surface area contributed by atoms with E-state index in [9.17, 15) is 4.79 Å². The van der Waals surface area contributed by atoms with Crippen molar-refractivity contribution in [3.05, 3.63) is 0 Å². The van der Waals surface area contributed by atoms with Crippen molar-refractivity contribution in [1.82, 2.24) is 5.32 Å². The predicted molar refractivity (Wildman–Crippen MR) is 54.7 cm³/mol. The van der Waals surface area contributed by atoms with Gasteiger partial charge in [-0.2, -0.15) is 5.26 Å². The molecular weight excluding hydrogens is 194 g/mol. The van der Waals surface area contributed by atoms with Gasteiger partial charge in [0.1, 0.15) is 0 Å². The van der Waals surface area contributed by atoms with E-state index in [1.807, 2.05) is 0 Å². The molecule has 5 heteroatoms. The van der Waals surface area contributed by atoms with Gasteiger partial charge in [0, 0.05) is 12.6 Å². The van der Waals surface area contributed by atoms with Crippen molar-refractivity contribution in [2.45, 2.75) is 19.9 Å². The van der Waals surface area contributed by atoms with Gasteiger partial charge in [0.15, 0.2) is 0 Å². The first-order valence-corrected chi connectivity index (χ1v) is 4.98. The second kappa shape index (κ2) is 4.60. The Labute approximate surface area is 89.6 Å². The molecule has 1 saturated heterocycles. The minimum atomic E-state index is -0.542. The van der Waals surface area contributed by atoms with Gasteiger partial charge in [-0.05, 0) is 13.8 Å². The number of nitrogens with two attached hydrogens (primary N) is 1. The first-order chi connectivity index (χ1) is 6.96. The van der Waals surface area contributed by atoms with Crippen molar-refractivity contribution in [3.63, 3.8) is 0 Å². The van der Waals surface area contributed by atoms with Gasteiger partial charge < -0.3 is 15.8 Å². The van der Waals surface area contributed by atoms with Gasteiger partial charge >= 0.3 is 0 Å². The summed E-state index contributed by atoms with van der Waals surface area (Å²) in [7, 11) is 0. The topological polar surface area (TPSA) is 88.1 Å². The molecule has 3 N–H and O–H groups in total. The summed E-state index contributed by atoms with van der Waals surface area (Å²) >= 11 is 0. The Morgan fingerprint density at radius 1 is 1.67 bits per heavy atom. The van der Waals surface area contributed by atoms with Crippen molar-refractivity contribution in [3.8, 4) is 6.07 Å². The van der Waals surface area contributed by atoms with Crippen LogP contribution in [0.5, 0.6) is 0 Å². The molecule has 0 aliphatic carbocycles. The normalized spacial score (nSPS) is 26.0. The van der Waals surface area contributed by atoms with E-state index in [1.165, 1.54) is 0 Å². The molecule has 84 valence electrons. The zero-order valence-electron chi connectivity index (χ0n) is 9.12. The third-order valence-corrected chi connectivity index (χ3v) is 2.47. The van der Waals surface area contributed by atoms with E-state index >= 15 is 0 Å². The molecule has 1 aliphatic heterocycles. The highest BCUT2D eigenvalue weighted by molar-refractivity contribution is 5.79. The van der Waals surface area contributed by atoms with E-state index in [0.29, 0.717) is 19.8 Å².